The number of rotatable bonds is 2. The van der Waals surface area contributed by atoms with Gasteiger partial charge in [-0.05, 0) is 37.1 Å². The van der Waals surface area contributed by atoms with Gasteiger partial charge in [0.25, 0.3) is 0 Å². The van der Waals surface area contributed by atoms with Gasteiger partial charge < -0.3 is 9.80 Å². The van der Waals surface area contributed by atoms with Crippen LogP contribution in [0.2, 0.25) is 5.02 Å². The van der Waals surface area contributed by atoms with Gasteiger partial charge >= 0.3 is 0 Å². The largest absolute Gasteiger partial charge is 0.369 e. The molecule has 1 aromatic carbocycles. The number of anilines is 1. The fraction of sp³-hybridized carbons (Fsp3) is 0.588. The third-order valence-electron chi connectivity index (χ3n) is 4.93. The highest BCUT2D eigenvalue weighted by Gasteiger charge is 2.28. The second-order valence-electron chi connectivity index (χ2n) is 6.24. The summed E-state index contributed by atoms with van der Waals surface area (Å²) in [6, 6.07) is 8.76. The van der Waals surface area contributed by atoms with E-state index in [0.717, 1.165) is 57.1 Å². The average Bonchev–Trinajstić information content (AvgIpc) is 2.56. The summed E-state index contributed by atoms with van der Waals surface area (Å²) in [5.74, 6) is 0.214. The van der Waals surface area contributed by atoms with Gasteiger partial charge in [0.2, 0.25) is 5.91 Å². The molecule has 1 aromatic rings. The standard InChI is InChI=1S/C17H24ClN3O/c1-14(22)19-8-6-17(7-9-19)21-12-10-20(11-13-21)16-4-2-15(18)3-5-16/h2-5,17H,6-13H2,1H3. The van der Waals surface area contributed by atoms with E-state index < -0.39 is 0 Å². The molecule has 0 N–H and O–H groups in total. The number of carbonyl (C=O) groups is 1. The second-order valence-corrected chi connectivity index (χ2v) is 6.67. The van der Waals surface area contributed by atoms with Crippen LogP contribution in [0.15, 0.2) is 24.3 Å². The lowest BCUT2D eigenvalue weighted by atomic mass is 10.0. The predicted molar refractivity (Wildman–Crippen MR) is 90.5 cm³/mol. The lowest BCUT2D eigenvalue weighted by molar-refractivity contribution is -0.130. The lowest BCUT2D eigenvalue weighted by Gasteiger charge is -2.43. The molecule has 5 heteroatoms. The number of hydrogen-bond donors (Lipinski definition) is 0. The molecule has 120 valence electrons. The molecule has 2 saturated heterocycles. The Kier molecular flexibility index (Phi) is 4.89. The third kappa shape index (κ3) is 3.55. The van der Waals surface area contributed by atoms with Crippen molar-refractivity contribution >= 4 is 23.2 Å². The van der Waals surface area contributed by atoms with Gasteiger partial charge in [-0.3, -0.25) is 9.69 Å². The Morgan fingerprint density at radius 2 is 1.59 bits per heavy atom. The molecule has 2 aliphatic heterocycles. The Morgan fingerprint density at radius 1 is 1.00 bits per heavy atom. The van der Waals surface area contributed by atoms with Crippen LogP contribution in [0.4, 0.5) is 5.69 Å². The van der Waals surface area contributed by atoms with Crippen molar-refractivity contribution in [1.29, 1.82) is 0 Å². The van der Waals surface area contributed by atoms with Gasteiger partial charge in [0.15, 0.2) is 0 Å². The molecule has 0 saturated carbocycles. The highest BCUT2D eigenvalue weighted by Crippen LogP contribution is 2.22. The molecule has 0 spiro atoms. The Morgan fingerprint density at radius 3 is 2.14 bits per heavy atom. The molecule has 2 heterocycles. The van der Waals surface area contributed by atoms with E-state index >= 15 is 0 Å². The highest BCUT2D eigenvalue weighted by atomic mass is 35.5. The van der Waals surface area contributed by atoms with Crippen molar-refractivity contribution in [3.8, 4) is 0 Å². The van der Waals surface area contributed by atoms with Gasteiger partial charge in [-0.2, -0.15) is 0 Å². The van der Waals surface area contributed by atoms with Crippen molar-refractivity contribution in [3.05, 3.63) is 29.3 Å². The maximum atomic E-state index is 11.4. The summed E-state index contributed by atoms with van der Waals surface area (Å²) < 4.78 is 0. The van der Waals surface area contributed by atoms with Gasteiger partial charge in [0.05, 0.1) is 0 Å². The van der Waals surface area contributed by atoms with E-state index in [0.29, 0.717) is 6.04 Å². The maximum absolute atomic E-state index is 11.4. The van der Waals surface area contributed by atoms with Crippen LogP contribution in [-0.4, -0.2) is 61.0 Å². The second kappa shape index (κ2) is 6.88. The molecule has 0 radical (unpaired) electrons. The number of amides is 1. The molecule has 0 bridgehead atoms. The molecule has 0 unspecified atom stereocenters. The summed E-state index contributed by atoms with van der Waals surface area (Å²) >= 11 is 5.95. The van der Waals surface area contributed by atoms with Crippen molar-refractivity contribution in [2.45, 2.75) is 25.8 Å². The summed E-state index contributed by atoms with van der Waals surface area (Å²) in [7, 11) is 0. The van der Waals surface area contributed by atoms with E-state index in [1.54, 1.807) is 6.92 Å². The number of likely N-dealkylation sites (tertiary alicyclic amines) is 1. The van der Waals surface area contributed by atoms with Crippen molar-refractivity contribution in [2.75, 3.05) is 44.2 Å². The number of carbonyl (C=O) groups excluding carboxylic acids is 1. The van der Waals surface area contributed by atoms with Crippen LogP contribution in [0.25, 0.3) is 0 Å². The molecule has 0 aliphatic carbocycles. The fourth-order valence-electron chi connectivity index (χ4n) is 3.54. The summed E-state index contributed by atoms with van der Waals surface area (Å²) in [5, 5.41) is 0.791. The highest BCUT2D eigenvalue weighted by molar-refractivity contribution is 6.30. The topological polar surface area (TPSA) is 26.8 Å². The number of piperidine rings is 1. The molecule has 0 atom stereocenters. The van der Waals surface area contributed by atoms with Gasteiger partial charge in [0.1, 0.15) is 0 Å². The Balaban J connectivity index is 1.50. The molecule has 22 heavy (non-hydrogen) atoms. The number of nitrogens with zero attached hydrogens (tertiary/aromatic N) is 3. The predicted octanol–water partition coefficient (Wildman–Crippen LogP) is 2.47. The third-order valence-corrected chi connectivity index (χ3v) is 5.18. The molecule has 2 aliphatic rings. The number of halogens is 1. The molecule has 0 aromatic heterocycles. The Bertz CT molecular complexity index is 503. The first-order chi connectivity index (χ1) is 10.6. The molecular formula is C17H24ClN3O. The van der Waals surface area contributed by atoms with Crippen LogP contribution in [0, 0.1) is 0 Å². The quantitative estimate of drug-likeness (QED) is 0.837. The SMILES string of the molecule is CC(=O)N1CCC(N2CCN(c3ccc(Cl)cc3)CC2)CC1. The zero-order valence-electron chi connectivity index (χ0n) is 13.2. The summed E-state index contributed by atoms with van der Waals surface area (Å²) in [5.41, 5.74) is 1.26. The summed E-state index contributed by atoms with van der Waals surface area (Å²) in [4.78, 5) is 18.4. The Labute approximate surface area is 137 Å². The van der Waals surface area contributed by atoms with Crippen LogP contribution < -0.4 is 4.90 Å². The van der Waals surface area contributed by atoms with Crippen molar-refractivity contribution < 1.29 is 4.79 Å². The molecule has 2 fully saturated rings. The van der Waals surface area contributed by atoms with Crippen LogP contribution in [-0.2, 0) is 4.79 Å². The molecular weight excluding hydrogens is 298 g/mol. The normalized spacial score (nSPS) is 21.2. The van der Waals surface area contributed by atoms with Crippen molar-refractivity contribution in [2.24, 2.45) is 0 Å². The minimum Gasteiger partial charge on any atom is -0.369 e. The molecule has 1 amide bonds. The summed E-state index contributed by atoms with van der Waals surface area (Å²) in [6.45, 7) is 7.84. The lowest BCUT2D eigenvalue weighted by Crippen LogP contribution is -2.53. The van der Waals surface area contributed by atoms with E-state index in [4.69, 9.17) is 11.6 Å². The number of benzene rings is 1. The minimum absolute atomic E-state index is 0.214. The van der Waals surface area contributed by atoms with E-state index in [-0.39, 0.29) is 5.91 Å². The van der Waals surface area contributed by atoms with Gasteiger partial charge in [0, 0.05) is 62.9 Å². The monoisotopic (exact) mass is 321 g/mol. The van der Waals surface area contributed by atoms with E-state index in [2.05, 4.69) is 21.9 Å². The molecule has 3 rings (SSSR count). The smallest absolute Gasteiger partial charge is 0.219 e. The molecule has 4 nitrogen and oxygen atoms in total. The minimum atomic E-state index is 0.214. The van der Waals surface area contributed by atoms with Gasteiger partial charge in [-0.25, -0.2) is 0 Å². The van der Waals surface area contributed by atoms with Crippen LogP contribution >= 0.6 is 11.6 Å². The zero-order valence-corrected chi connectivity index (χ0v) is 13.9. The van der Waals surface area contributed by atoms with E-state index in [1.807, 2.05) is 17.0 Å². The number of piperazine rings is 1. The van der Waals surface area contributed by atoms with Gasteiger partial charge in [-0.15, -0.1) is 0 Å². The fourth-order valence-corrected chi connectivity index (χ4v) is 3.67. The number of hydrogen-bond acceptors (Lipinski definition) is 3. The zero-order chi connectivity index (χ0) is 15.5. The average molecular weight is 322 g/mol. The van der Waals surface area contributed by atoms with Crippen LogP contribution in [0.1, 0.15) is 19.8 Å². The first-order valence-electron chi connectivity index (χ1n) is 8.13. The summed E-state index contributed by atoms with van der Waals surface area (Å²) in [6.07, 6.45) is 2.22. The van der Waals surface area contributed by atoms with E-state index in [9.17, 15) is 4.79 Å². The first-order valence-corrected chi connectivity index (χ1v) is 8.51. The van der Waals surface area contributed by atoms with Crippen molar-refractivity contribution in [1.82, 2.24) is 9.80 Å². The van der Waals surface area contributed by atoms with Crippen molar-refractivity contribution in [3.63, 3.8) is 0 Å². The van der Waals surface area contributed by atoms with Crippen LogP contribution in [0.3, 0.4) is 0 Å². The van der Waals surface area contributed by atoms with Gasteiger partial charge in [-0.1, -0.05) is 11.6 Å². The Hall–Kier alpha value is -1.26. The maximum Gasteiger partial charge on any atom is 0.219 e. The first kappa shape index (κ1) is 15.6. The van der Waals surface area contributed by atoms with E-state index in [1.165, 1.54) is 5.69 Å². The van der Waals surface area contributed by atoms with Crippen LogP contribution in [0.5, 0.6) is 0 Å².